The van der Waals surface area contributed by atoms with Gasteiger partial charge < -0.3 is 25.5 Å². The van der Waals surface area contributed by atoms with Crippen LogP contribution in [0.15, 0.2) is 11.1 Å². The van der Waals surface area contributed by atoms with Gasteiger partial charge in [-0.05, 0) is 18.8 Å². The van der Waals surface area contributed by atoms with Crippen LogP contribution in [0, 0.1) is 11.8 Å². The number of nitrogens with zero attached hydrogens (tertiary/aromatic N) is 3. The van der Waals surface area contributed by atoms with Crippen molar-refractivity contribution >= 4 is 29.1 Å². The summed E-state index contributed by atoms with van der Waals surface area (Å²) in [5, 5.41) is 0. The van der Waals surface area contributed by atoms with Crippen LogP contribution in [-0.4, -0.2) is 50.7 Å². The number of carbonyl (C=O) groups is 2. The van der Waals surface area contributed by atoms with E-state index in [9.17, 15) is 14.4 Å². The minimum absolute atomic E-state index is 0.0156. The Hall–Kier alpha value is -2.95. The zero-order chi connectivity index (χ0) is 23.0. The summed E-state index contributed by atoms with van der Waals surface area (Å²) in [6.45, 7) is 6.35. The van der Waals surface area contributed by atoms with Crippen LogP contribution in [-0.2, 0) is 25.6 Å². The molecule has 0 aliphatic heterocycles. The van der Waals surface area contributed by atoms with Gasteiger partial charge in [0.15, 0.2) is 11.2 Å². The summed E-state index contributed by atoms with van der Waals surface area (Å²) in [4.78, 5) is 46.6. The number of hydrogen-bond donors (Lipinski definition) is 3. The Morgan fingerprint density at radius 2 is 2.03 bits per heavy atom. The molecule has 11 heteroatoms. The van der Waals surface area contributed by atoms with E-state index in [4.69, 9.17) is 20.9 Å². The minimum Gasteiger partial charge on any atom is -0.465 e. The van der Waals surface area contributed by atoms with Gasteiger partial charge in [0, 0.05) is 18.9 Å². The van der Waals surface area contributed by atoms with Gasteiger partial charge in [-0.3, -0.25) is 19.4 Å². The van der Waals surface area contributed by atoms with Crippen molar-refractivity contribution in [3.05, 3.63) is 16.7 Å². The molecule has 0 aliphatic rings. The molecule has 0 saturated heterocycles. The summed E-state index contributed by atoms with van der Waals surface area (Å²) in [5.41, 5.74) is 11.6. The van der Waals surface area contributed by atoms with Gasteiger partial charge in [0.2, 0.25) is 5.95 Å². The number of anilines is 1. The second-order valence-electron chi connectivity index (χ2n) is 7.69. The van der Waals surface area contributed by atoms with Gasteiger partial charge in [0.25, 0.3) is 5.56 Å². The van der Waals surface area contributed by atoms with Gasteiger partial charge >= 0.3 is 11.9 Å². The van der Waals surface area contributed by atoms with E-state index in [1.165, 1.54) is 6.33 Å². The summed E-state index contributed by atoms with van der Waals surface area (Å²) in [6, 6.07) is -0.678. The lowest BCUT2D eigenvalue weighted by Gasteiger charge is -2.20. The standard InChI is InChI=1S/C20H32N6O5/c1-4-6-14(27)31-10-13(7-8-30-19(29)15(21)12(3)5-2)9-26-11-23-16-17(26)24-20(22)25-18(16)28/h11-13,15H,4-10,21H2,1-3H3,(H3,22,24,25,28)/t12-,13?,15-/m0/s1. The van der Waals surface area contributed by atoms with Crippen molar-refractivity contribution in [2.45, 2.75) is 59.0 Å². The van der Waals surface area contributed by atoms with Crippen molar-refractivity contribution in [1.82, 2.24) is 19.5 Å². The molecule has 0 amide bonds. The minimum atomic E-state index is -0.678. The van der Waals surface area contributed by atoms with Crippen molar-refractivity contribution in [3.8, 4) is 0 Å². The average Bonchev–Trinajstić information content (AvgIpc) is 3.13. The highest BCUT2D eigenvalue weighted by Crippen LogP contribution is 2.15. The monoisotopic (exact) mass is 436 g/mol. The topological polar surface area (TPSA) is 168 Å². The van der Waals surface area contributed by atoms with Crippen LogP contribution in [0.4, 0.5) is 5.95 Å². The quantitative estimate of drug-likeness (QED) is 0.410. The van der Waals surface area contributed by atoms with Gasteiger partial charge in [0.05, 0.1) is 19.5 Å². The molecule has 0 fully saturated rings. The Labute approximate surface area is 180 Å². The summed E-state index contributed by atoms with van der Waals surface area (Å²) >= 11 is 0. The maximum atomic E-state index is 12.1. The van der Waals surface area contributed by atoms with Crippen LogP contribution in [0.1, 0.15) is 46.5 Å². The molecule has 1 unspecified atom stereocenters. The molecular weight excluding hydrogens is 404 g/mol. The maximum Gasteiger partial charge on any atom is 0.323 e. The lowest BCUT2D eigenvalue weighted by molar-refractivity contribution is -0.149. The normalized spacial score (nSPS) is 14.2. The van der Waals surface area contributed by atoms with E-state index in [0.717, 1.165) is 6.42 Å². The highest BCUT2D eigenvalue weighted by atomic mass is 16.5. The molecule has 0 aromatic carbocycles. The number of H-pyrrole nitrogens is 1. The van der Waals surface area contributed by atoms with Crippen LogP contribution in [0.2, 0.25) is 0 Å². The number of fused-ring (bicyclic) bond motifs is 1. The van der Waals surface area contributed by atoms with Crippen LogP contribution in [0.25, 0.3) is 11.2 Å². The number of rotatable bonds is 12. The number of carbonyl (C=O) groups excluding carboxylic acids is 2. The van der Waals surface area contributed by atoms with E-state index >= 15 is 0 Å². The van der Waals surface area contributed by atoms with Gasteiger partial charge in [-0.25, -0.2) is 4.98 Å². The van der Waals surface area contributed by atoms with Crippen molar-refractivity contribution in [3.63, 3.8) is 0 Å². The molecule has 11 nitrogen and oxygen atoms in total. The zero-order valence-corrected chi connectivity index (χ0v) is 18.3. The zero-order valence-electron chi connectivity index (χ0n) is 18.3. The first-order chi connectivity index (χ1) is 14.8. The second-order valence-corrected chi connectivity index (χ2v) is 7.69. The van der Waals surface area contributed by atoms with Crippen LogP contribution in [0.3, 0.4) is 0 Å². The second kappa shape index (κ2) is 11.4. The number of aromatic amines is 1. The highest BCUT2D eigenvalue weighted by molar-refractivity contribution is 5.75. The highest BCUT2D eigenvalue weighted by Gasteiger charge is 2.22. The molecule has 0 radical (unpaired) electrons. The molecule has 2 aromatic heterocycles. The Morgan fingerprint density at radius 3 is 2.71 bits per heavy atom. The Balaban J connectivity index is 2.07. The number of esters is 2. The molecule has 0 bridgehead atoms. The number of aromatic nitrogens is 4. The fourth-order valence-corrected chi connectivity index (χ4v) is 3.01. The third kappa shape index (κ3) is 6.78. The lowest BCUT2D eigenvalue weighted by Crippen LogP contribution is -2.38. The van der Waals surface area contributed by atoms with Crippen molar-refractivity contribution < 1.29 is 19.1 Å². The predicted molar refractivity (Wildman–Crippen MR) is 115 cm³/mol. The summed E-state index contributed by atoms with van der Waals surface area (Å²) in [5.74, 6) is -0.945. The van der Waals surface area contributed by atoms with Gasteiger partial charge in [0.1, 0.15) is 6.04 Å². The van der Waals surface area contributed by atoms with E-state index < -0.39 is 17.6 Å². The van der Waals surface area contributed by atoms with Gasteiger partial charge in [-0.1, -0.05) is 27.2 Å². The first-order valence-electron chi connectivity index (χ1n) is 10.5. The lowest BCUT2D eigenvalue weighted by atomic mass is 10.0. The fraction of sp³-hybridized carbons (Fsp3) is 0.650. The number of nitrogens with one attached hydrogen (secondary N) is 1. The Morgan fingerprint density at radius 1 is 1.29 bits per heavy atom. The maximum absolute atomic E-state index is 12.1. The van der Waals surface area contributed by atoms with E-state index in [2.05, 4.69) is 15.0 Å². The summed E-state index contributed by atoms with van der Waals surface area (Å²) in [6.07, 6.45) is 3.70. The van der Waals surface area contributed by atoms with E-state index in [1.807, 2.05) is 20.8 Å². The van der Waals surface area contributed by atoms with Crippen LogP contribution < -0.4 is 17.0 Å². The first kappa shape index (κ1) is 24.3. The summed E-state index contributed by atoms with van der Waals surface area (Å²) < 4.78 is 12.4. The first-order valence-corrected chi connectivity index (χ1v) is 10.5. The molecule has 172 valence electrons. The van der Waals surface area contributed by atoms with Crippen LogP contribution in [0.5, 0.6) is 0 Å². The molecule has 3 atom stereocenters. The summed E-state index contributed by atoms with van der Waals surface area (Å²) in [7, 11) is 0. The van der Waals surface area contributed by atoms with Crippen molar-refractivity contribution in [2.75, 3.05) is 18.9 Å². The largest absolute Gasteiger partial charge is 0.465 e. The third-order valence-corrected chi connectivity index (χ3v) is 5.18. The average molecular weight is 437 g/mol. The Kier molecular flexibility index (Phi) is 8.98. The molecule has 0 saturated carbocycles. The molecule has 0 aliphatic carbocycles. The molecule has 2 heterocycles. The molecule has 2 rings (SSSR count). The fourth-order valence-electron chi connectivity index (χ4n) is 3.01. The number of ether oxygens (including phenoxy) is 2. The van der Waals surface area contributed by atoms with E-state index in [0.29, 0.717) is 31.5 Å². The Bertz CT molecular complexity index is 940. The van der Waals surface area contributed by atoms with Crippen molar-refractivity contribution in [2.24, 2.45) is 17.6 Å². The predicted octanol–water partition coefficient (Wildman–Crippen LogP) is 0.968. The molecule has 5 N–H and O–H groups in total. The van der Waals surface area contributed by atoms with Gasteiger partial charge in [-0.2, -0.15) is 4.98 Å². The number of hydrogen-bond acceptors (Lipinski definition) is 9. The van der Waals surface area contributed by atoms with E-state index in [1.54, 1.807) is 4.57 Å². The van der Waals surface area contributed by atoms with Crippen LogP contribution >= 0.6 is 0 Å². The third-order valence-electron chi connectivity index (χ3n) is 5.18. The number of nitrogens with two attached hydrogens (primary N) is 2. The number of imidazole rings is 1. The molecular formula is C20H32N6O5. The molecule has 31 heavy (non-hydrogen) atoms. The molecule has 0 spiro atoms. The molecule has 2 aromatic rings. The van der Waals surface area contributed by atoms with E-state index in [-0.39, 0.29) is 42.5 Å². The van der Waals surface area contributed by atoms with Gasteiger partial charge in [-0.15, -0.1) is 0 Å². The number of nitrogen functional groups attached to an aromatic ring is 1. The smallest absolute Gasteiger partial charge is 0.323 e. The SMILES string of the molecule is CCCC(=O)OCC(CCOC(=O)[C@@H](N)[C@@H](C)CC)Cn1cnc2c(=O)[nH]c(N)nc21. The van der Waals surface area contributed by atoms with Crippen molar-refractivity contribution in [1.29, 1.82) is 0 Å².